The first-order chi connectivity index (χ1) is 17.9. The van der Waals surface area contributed by atoms with Gasteiger partial charge in [0.15, 0.2) is 0 Å². The molecule has 1 aromatic carbocycles. The van der Waals surface area contributed by atoms with E-state index in [9.17, 15) is 5.26 Å². The van der Waals surface area contributed by atoms with Crippen LogP contribution in [0.5, 0.6) is 5.75 Å². The first-order valence-electron chi connectivity index (χ1n) is 13.6. The fraction of sp³-hybridized carbons (Fsp3) is 0.552. The molecule has 2 aliphatic heterocycles. The fourth-order valence-electron chi connectivity index (χ4n) is 5.39. The average molecular weight is 502 g/mol. The smallest absolute Gasteiger partial charge is 0.234 e. The summed E-state index contributed by atoms with van der Waals surface area (Å²) < 4.78 is 8.37. The number of aromatic nitrogens is 3. The topological polar surface area (TPSA) is 73.5 Å². The zero-order chi connectivity index (χ0) is 25.8. The Labute approximate surface area is 220 Å². The van der Waals surface area contributed by atoms with Gasteiger partial charge in [0.1, 0.15) is 24.1 Å². The highest BCUT2D eigenvalue weighted by Gasteiger charge is 2.22. The number of fused-ring (bicyclic) bond motifs is 1. The quantitative estimate of drug-likeness (QED) is 0.459. The molecule has 4 heterocycles. The van der Waals surface area contributed by atoms with Gasteiger partial charge in [-0.25, -0.2) is 9.97 Å². The van der Waals surface area contributed by atoms with Crippen LogP contribution in [0.1, 0.15) is 45.1 Å². The Morgan fingerprint density at radius 2 is 1.78 bits per heavy atom. The average Bonchev–Trinajstić information content (AvgIpc) is 3.52. The third-order valence-electron chi connectivity index (χ3n) is 7.27. The number of anilines is 1. The maximum atomic E-state index is 9.30. The molecule has 2 aromatic heterocycles. The van der Waals surface area contributed by atoms with Gasteiger partial charge in [-0.15, -0.1) is 0 Å². The molecule has 2 saturated heterocycles. The van der Waals surface area contributed by atoms with Crippen molar-refractivity contribution in [1.82, 2.24) is 24.3 Å². The van der Waals surface area contributed by atoms with E-state index in [2.05, 4.69) is 86.4 Å². The number of nitrogens with zero attached hydrogens (tertiary/aromatic N) is 7. The molecule has 0 unspecified atom stereocenters. The van der Waals surface area contributed by atoms with Crippen molar-refractivity contribution in [1.29, 1.82) is 5.26 Å². The maximum absolute atomic E-state index is 9.30. The van der Waals surface area contributed by atoms with Crippen LogP contribution in [0.2, 0.25) is 0 Å². The molecule has 0 N–H and O–H groups in total. The molecule has 37 heavy (non-hydrogen) atoms. The van der Waals surface area contributed by atoms with Crippen LogP contribution < -0.4 is 9.64 Å². The summed E-state index contributed by atoms with van der Waals surface area (Å²) in [5.41, 5.74) is 3.42. The summed E-state index contributed by atoms with van der Waals surface area (Å²) in [6.07, 6.45) is 4.41. The van der Waals surface area contributed by atoms with E-state index in [0.717, 1.165) is 69.2 Å². The summed E-state index contributed by atoms with van der Waals surface area (Å²) in [7, 11) is 0. The molecule has 3 aromatic rings. The van der Waals surface area contributed by atoms with Gasteiger partial charge in [-0.1, -0.05) is 26.8 Å². The number of benzene rings is 1. The van der Waals surface area contributed by atoms with Gasteiger partial charge in [0.25, 0.3) is 0 Å². The second kappa shape index (κ2) is 11.1. The zero-order valence-electron chi connectivity index (χ0n) is 22.5. The minimum atomic E-state index is 0.0960. The summed E-state index contributed by atoms with van der Waals surface area (Å²) in [6, 6.07) is 12.8. The molecule has 0 atom stereocenters. The summed E-state index contributed by atoms with van der Waals surface area (Å²) >= 11 is 0. The lowest BCUT2D eigenvalue weighted by atomic mass is 9.97. The van der Waals surface area contributed by atoms with E-state index < -0.39 is 0 Å². The van der Waals surface area contributed by atoms with Crippen LogP contribution in [0.3, 0.4) is 0 Å². The number of likely N-dealkylation sites (tertiary alicyclic amines) is 1. The molecule has 196 valence electrons. The Kier molecular flexibility index (Phi) is 7.63. The van der Waals surface area contributed by atoms with E-state index in [1.807, 2.05) is 0 Å². The van der Waals surface area contributed by atoms with Gasteiger partial charge in [0.2, 0.25) is 5.82 Å². The molecule has 0 bridgehead atoms. The summed E-state index contributed by atoms with van der Waals surface area (Å²) in [6.45, 7) is 16.5. The monoisotopic (exact) mass is 501 g/mol. The van der Waals surface area contributed by atoms with Crippen LogP contribution in [0.25, 0.3) is 11.0 Å². The van der Waals surface area contributed by atoms with Gasteiger partial charge in [-0.2, -0.15) is 5.26 Å². The molecular formula is C29H39N7O. The van der Waals surface area contributed by atoms with Crippen LogP contribution in [-0.2, 0) is 13.1 Å². The van der Waals surface area contributed by atoms with Gasteiger partial charge in [-0.3, -0.25) is 9.80 Å². The molecule has 0 spiro atoms. The lowest BCUT2D eigenvalue weighted by molar-refractivity contribution is 0.236. The maximum Gasteiger partial charge on any atom is 0.234 e. The number of piperazine rings is 1. The number of nitriles is 1. The molecule has 2 fully saturated rings. The molecule has 5 rings (SSSR count). The van der Waals surface area contributed by atoms with Gasteiger partial charge in [0.05, 0.1) is 0 Å². The Balaban J connectivity index is 1.21. The first-order valence-corrected chi connectivity index (χ1v) is 13.6. The van der Waals surface area contributed by atoms with Gasteiger partial charge >= 0.3 is 0 Å². The molecule has 2 aliphatic rings. The third-order valence-corrected chi connectivity index (χ3v) is 7.27. The molecule has 0 amide bonds. The van der Waals surface area contributed by atoms with E-state index in [-0.39, 0.29) is 11.2 Å². The number of hydrogen-bond donors (Lipinski definition) is 0. The normalized spacial score (nSPS) is 17.4. The summed E-state index contributed by atoms with van der Waals surface area (Å²) in [4.78, 5) is 16.2. The van der Waals surface area contributed by atoms with Crippen molar-refractivity contribution in [2.75, 3.05) is 57.3 Å². The Bertz CT molecular complexity index is 1240. The van der Waals surface area contributed by atoms with E-state index >= 15 is 0 Å². The summed E-state index contributed by atoms with van der Waals surface area (Å²) in [5, 5.41) is 10.3. The number of rotatable bonds is 8. The van der Waals surface area contributed by atoms with Crippen molar-refractivity contribution in [3.8, 4) is 11.8 Å². The largest absolute Gasteiger partial charge is 0.492 e. The van der Waals surface area contributed by atoms with Crippen molar-refractivity contribution >= 4 is 16.7 Å². The van der Waals surface area contributed by atoms with Crippen molar-refractivity contribution in [3.63, 3.8) is 0 Å². The molecule has 8 heteroatoms. The Hall–Kier alpha value is -3.15. The van der Waals surface area contributed by atoms with Crippen molar-refractivity contribution in [2.24, 2.45) is 5.41 Å². The predicted molar refractivity (Wildman–Crippen MR) is 147 cm³/mol. The SMILES string of the molecule is CC(C)(C)Cn1c(CN2CCN(c3cccc(OCCN4CCCC4)c3)CC2)cc2cnc(C#N)nc21. The van der Waals surface area contributed by atoms with Crippen molar-refractivity contribution in [3.05, 3.63) is 48.0 Å². The molecule has 8 nitrogen and oxygen atoms in total. The zero-order valence-corrected chi connectivity index (χ0v) is 22.5. The number of ether oxygens (including phenoxy) is 1. The highest BCUT2D eigenvalue weighted by molar-refractivity contribution is 5.77. The van der Waals surface area contributed by atoms with Gasteiger partial charge in [0, 0.05) is 74.8 Å². The third kappa shape index (κ3) is 6.41. The highest BCUT2D eigenvalue weighted by Crippen LogP contribution is 2.27. The number of hydrogen-bond acceptors (Lipinski definition) is 7. The van der Waals surface area contributed by atoms with Gasteiger partial charge in [-0.05, 0) is 49.5 Å². The van der Waals surface area contributed by atoms with E-state index in [1.165, 1.54) is 37.3 Å². The van der Waals surface area contributed by atoms with Crippen molar-refractivity contribution in [2.45, 2.75) is 46.7 Å². The predicted octanol–water partition coefficient (Wildman–Crippen LogP) is 4.15. The molecule has 0 saturated carbocycles. The van der Waals surface area contributed by atoms with Crippen LogP contribution in [0, 0.1) is 16.7 Å². The second-order valence-electron chi connectivity index (χ2n) is 11.5. The van der Waals surface area contributed by atoms with E-state index in [1.54, 1.807) is 6.20 Å². The first kappa shape index (κ1) is 25.5. The van der Waals surface area contributed by atoms with Gasteiger partial charge < -0.3 is 14.2 Å². The summed E-state index contributed by atoms with van der Waals surface area (Å²) in [5.74, 6) is 1.19. The molecule has 0 aliphatic carbocycles. The lowest BCUT2D eigenvalue weighted by Gasteiger charge is -2.36. The Morgan fingerprint density at radius 1 is 1.00 bits per heavy atom. The highest BCUT2D eigenvalue weighted by atomic mass is 16.5. The van der Waals surface area contributed by atoms with Crippen LogP contribution in [-0.4, -0.2) is 76.8 Å². The Morgan fingerprint density at radius 3 is 2.51 bits per heavy atom. The van der Waals surface area contributed by atoms with Crippen LogP contribution in [0.15, 0.2) is 36.5 Å². The second-order valence-corrected chi connectivity index (χ2v) is 11.5. The van der Waals surface area contributed by atoms with Crippen molar-refractivity contribution < 1.29 is 4.74 Å². The van der Waals surface area contributed by atoms with Crippen LogP contribution >= 0.6 is 0 Å². The molecule has 0 radical (unpaired) electrons. The minimum Gasteiger partial charge on any atom is -0.492 e. The standard InChI is InChI=1S/C29H39N7O/c1-29(2,3)22-36-25(17-23-20-31-27(19-30)32-28(23)36)21-34-11-13-35(14-12-34)24-7-6-8-26(18-24)37-16-15-33-9-4-5-10-33/h6-8,17-18,20H,4-5,9-16,21-22H2,1-3H3. The lowest BCUT2D eigenvalue weighted by Crippen LogP contribution is -2.46. The van der Waals surface area contributed by atoms with E-state index in [4.69, 9.17) is 4.74 Å². The minimum absolute atomic E-state index is 0.0960. The van der Waals surface area contributed by atoms with Crippen LogP contribution in [0.4, 0.5) is 5.69 Å². The fourth-order valence-corrected chi connectivity index (χ4v) is 5.39. The van der Waals surface area contributed by atoms with E-state index in [0.29, 0.717) is 0 Å². The molecular weight excluding hydrogens is 462 g/mol.